The zero-order valence-electron chi connectivity index (χ0n) is 10.7. The van der Waals surface area contributed by atoms with Gasteiger partial charge in [0.1, 0.15) is 11.6 Å². The number of rotatable bonds is 3. The highest BCUT2D eigenvalue weighted by atomic mass is 79.9. The SMILES string of the molecule is Cc1nccc(CNC(=O)Nc2ccc(Br)c(F)c2)n1. The van der Waals surface area contributed by atoms with E-state index in [2.05, 4.69) is 36.5 Å². The van der Waals surface area contributed by atoms with E-state index in [1.807, 2.05) is 0 Å². The van der Waals surface area contributed by atoms with E-state index in [0.717, 1.165) is 0 Å². The number of benzene rings is 1. The summed E-state index contributed by atoms with van der Waals surface area (Å²) in [6, 6.07) is 5.65. The maximum Gasteiger partial charge on any atom is 0.319 e. The van der Waals surface area contributed by atoms with Gasteiger partial charge in [0.25, 0.3) is 0 Å². The van der Waals surface area contributed by atoms with Gasteiger partial charge in [-0.1, -0.05) is 0 Å². The Morgan fingerprint density at radius 2 is 2.20 bits per heavy atom. The van der Waals surface area contributed by atoms with Gasteiger partial charge in [-0.25, -0.2) is 19.2 Å². The molecule has 2 N–H and O–H groups in total. The van der Waals surface area contributed by atoms with Crippen LogP contribution in [0.15, 0.2) is 34.9 Å². The summed E-state index contributed by atoms with van der Waals surface area (Å²) in [5.74, 6) is 0.203. The van der Waals surface area contributed by atoms with Crippen molar-refractivity contribution < 1.29 is 9.18 Å². The fourth-order valence-electron chi connectivity index (χ4n) is 1.52. The summed E-state index contributed by atoms with van der Waals surface area (Å²) in [5.41, 5.74) is 1.08. The van der Waals surface area contributed by atoms with E-state index in [-0.39, 0.29) is 6.54 Å². The Kier molecular flexibility index (Phi) is 4.62. The third kappa shape index (κ3) is 3.99. The summed E-state index contributed by atoms with van der Waals surface area (Å²) in [5, 5.41) is 5.17. The number of carbonyl (C=O) groups is 1. The Labute approximate surface area is 123 Å². The highest BCUT2D eigenvalue weighted by Crippen LogP contribution is 2.19. The summed E-state index contributed by atoms with van der Waals surface area (Å²) >= 11 is 3.05. The average Bonchev–Trinajstić information content (AvgIpc) is 2.41. The van der Waals surface area contributed by atoms with Crippen molar-refractivity contribution in [3.05, 3.63) is 52.3 Å². The molecule has 20 heavy (non-hydrogen) atoms. The highest BCUT2D eigenvalue weighted by molar-refractivity contribution is 9.10. The molecule has 0 saturated carbocycles. The van der Waals surface area contributed by atoms with Crippen molar-refractivity contribution in [1.29, 1.82) is 0 Å². The number of aryl methyl sites for hydroxylation is 1. The number of carbonyl (C=O) groups excluding carboxylic acids is 1. The summed E-state index contributed by atoms with van der Waals surface area (Å²) in [6.07, 6.45) is 1.63. The third-order valence-electron chi connectivity index (χ3n) is 2.44. The van der Waals surface area contributed by atoms with Gasteiger partial charge in [-0.15, -0.1) is 0 Å². The highest BCUT2D eigenvalue weighted by Gasteiger charge is 2.05. The summed E-state index contributed by atoms with van der Waals surface area (Å²) in [7, 11) is 0. The first kappa shape index (κ1) is 14.4. The number of nitrogens with one attached hydrogen (secondary N) is 2. The van der Waals surface area contributed by atoms with Crippen molar-refractivity contribution >= 4 is 27.6 Å². The second-order valence-electron chi connectivity index (χ2n) is 4.03. The number of hydrogen-bond donors (Lipinski definition) is 2. The van der Waals surface area contributed by atoms with Gasteiger partial charge in [-0.3, -0.25) is 0 Å². The molecule has 0 atom stereocenters. The molecule has 0 aliphatic heterocycles. The summed E-state index contributed by atoms with van der Waals surface area (Å²) < 4.78 is 13.6. The molecular weight excluding hydrogens is 327 g/mol. The zero-order valence-corrected chi connectivity index (χ0v) is 12.2. The minimum absolute atomic E-state index is 0.272. The van der Waals surface area contributed by atoms with Crippen LogP contribution in [0, 0.1) is 12.7 Å². The van der Waals surface area contributed by atoms with E-state index in [1.54, 1.807) is 25.3 Å². The number of halogens is 2. The first-order valence-corrected chi connectivity index (χ1v) is 6.62. The molecule has 7 heteroatoms. The van der Waals surface area contributed by atoms with Crippen molar-refractivity contribution in [2.24, 2.45) is 0 Å². The molecule has 0 bridgehead atoms. The Morgan fingerprint density at radius 3 is 2.90 bits per heavy atom. The molecule has 2 amide bonds. The fraction of sp³-hybridized carbons (Fsp3) is 0.154. The van der Waals surface area contributed by atoms with Gasteiger partial charge < -0.3 is 10.6 Å². The molecule has 2 rings (SSSR count). The molecule has 0 radical (unpaired) electrons. The van der Waals surface area contributed by atoms with Gasteiger partial charge in [-0.05, 0) is 47.1 Å². The molecule has 0 saturated heterocycles. The second-order valence-corrected chi connectivity index (χ2v) is 4.89. The van der Waals surface area contributed by atoms with Crippen LogP contribution in [0.4, 0.5) is 14.9 Å². The molecule has 104 valence electrons. The Hall–Kier alpha value is -2.02. The van der Waals surface area contributed by atoms with Gasteiger partial charge in [0.15, 0.2) is 0 Å². The first-order valence-electron chi connectivity index (χ1n) is 5.83. The quantitative estimate of drug-likeness (QED) is 0.903. The normalized spacial score (nSPS) is 10.2. The number of anilines is 1. The molecule has 2 aromatic rings. The molecular formula is C13H12BrFN4O. The molecule has 0 fully saturated rings. The van der Waals surface area contributed by atoms with Crippen molar-refractivity contribution in [3.8, 4) is 0 Å². The predicted octanol–water partition coefficient (Wildman–Crippen LogP) is 3.01. The Morgan fingerprint density at radius 1 is 1.40 bits per heavy atom. The van der Waals surface area contributed by atoms with Crippen LogP contribution in [-0.4, -0.2) is 16.0 Å². The number of hydrogen-bond acceptors (Lipinski definition) is 3. The topological polar surface area (TPSA) is 66.9 Å². The van der Waals surface area contributed by atoms with E-state index >= 15 is 0 Å². The monoisotopic (exact) mass is 338 g/mol. The predicted molar refractivity (Wildman–Crippen MR) is 76.7 cm³/mol. The van der Waals surface area contributed by atoms with Crippen molar-refractivity contribution in [1.82, 2.24) is 15.3 Å². The van der Waals surface area contributed by atoms with E-state index in [4.69, 9.17) is 0 Å². The first-order chi connectivity index (χ1) is 9.54. The smallest absolute Gasteiger partial charge is 0.319 e. The number of nitrogens with zero attached hydrogens (tertiary/aromatic N) is 2. The molecule has 1 aromatic heterocycles. The van der Waals surface area contributed by atoms with E-state index in [1.165, 1.54) is 12.1 Å². The van der Waals surface area contributed by atoms with Crippen LogP contribution in [0.1, 0.15) is 11.5 Å². The van der Waals surface area contributed by atoms with Gasteiger partial charge in [-0.2, -0.15) is 0 Å². The lowest BCUT2D eigenvalue weighted by atomic mass is 10.3. The van der Waals surface area contributed by atoms with Crippen LogP contribution in [-0.2, 0) is 6.54 Å². The maximum absolute atomic E-state index is 13.3. The van der Waals surface area contributed by atoms with Crippen LogP contribution < -0.4 is 10.6 Å². The Balaban J connectivity index is 1.91. The third-order valence-corrected chi connectivity index (χ3v) is 3.08. The van der Waals surface area contributed by atoms with Crippen LogP contribution in [0.3, 0.4) is 0 Å². The van der Waals surface area contributed by atoms with Crippen molar-refractivity contribution in [3.63, 3.8) is 0 Å². The van der Waals surface area contributed by atoms with Gasteiger partial charge in [0.05, 0.1) is 16.7 Å². The largest absolute Gasteiger partial charge is 0.332 e. The number of urea groups is 1. The molecule has 0 unspecified atom stereocenters. The average molecular weight is 339 g/mol. The number of amides is 2. The summed E-state index contributed by atoms with van der Waals surface area (Å²) in [6.45, 7) is 2.04. The van der Waals surface area contributed by atoms with Crippen LogP contribution in [0.2, 0.25) is 0 Å². The van der Waals surface area contributed by atoms with Gasteiger partial charge >= 0.3 is 6.03 Å². The van der Waals surface area contributed by atoms with Crippen LogP contribution in [0.5, 0.6) is 0 Å². The summed E-state index contributed by atoms with van der Waals surface area (Å²) in [4.78, 5) is 19.8. The second kappa shape index (κ2) is 6.42. The maximum atomic E-state index is 13.3. The lowest BCUT2D eigenvalue weighted by Crippen LogP contribution is -2.28. The molecule has 1 aromatic carbocycles. The van der Waals surface area contributed by atoms with Crippen molar-refractivity contribution in [2.45, 2.75) is 13.5 Å². The molecule has 0 spiro atoms. The van der Waals surface area contributed by atoms with Gasteiger partial charge in [0.2, 0.25) is 0 Å². The molecule has 0 aliphatic rings. The standard InChI is InChI=1S/C13H12BrFN4O/c1-8-16-5-4-10(18-8)7-17-13(20)19-9-2-3-11(14)12(15)6-9/h2-6H,7H2,1H3,(H2,17,19,20). The minimum Gasteiger partial charge on any atom is -0.332 e. The van der Waals surface area contributed by atoms with Crippen LogP contribution in [0.25, 0.3) is 0 Å². The molecule has 5 nitrogen and oxygen atoms in total. The van der Waals surface area contributed by atoms with Gasteiger partial charge in [0, 0.05) is 11.9 Å². The minimum atomic E-state index is -0.436. The lowest BCUT2D eigenvalue weighted by molar-refractivity contribution is 0.251. The zero-order chi connectivity index (χ0) is 14.5. The lowest BCUT2D eigenvalue weighted by Gasteiger charge is -2.08. The van der Waals surface area contributed by atoms with Crippen molar-refractivity contribution in [2.75, 3.05) is 5.32 Å². The van der Waals surface area contributed by atoms with E-state index in [0.29, 0.717) is 21.7 Å². The fourth-order valence-corrected chi connectivity index (χ4v) is 1.77. The molecule has 1 heterocycles. The number of aromatic nitrogens is 2. The Bertz CT molecular complexity index is 636. The van der Waals surface area contributed by atoms with Crippen LogP contribution >= 0.6 is 15.9 Å². The van der Waals surface area contributed by atoms with E-state index in [9.17, 15) is 9.18 Å². The molecule has 0 aliphatic carbocycles. The van der Waals surface area contributed by atoms with E-state index < -0.39 is 11.8 Å².